The molecule has 1 heterocycles. The molecular weight excluding hydrogens is 210 g/mol. The first kappa shape index (κ1) is 12.0. The summed E-state index contributed by atoms with van der Waals surface area (Å²) < 4.78 is 0. The molecule has 0 spiro atoms. The summed E-state index contributed by atoms with van der Waals surface area (Å²) in [7, 11) is 0. The van der Waals surface area contributed by atoms with Gasteiger partial charge in [-0.2, -0.15) is 0 Å². The largest absolute Gasteiger partial charge is 0.506 e. The van der Waals surface area contributed by atoms with E-state index in [9.17, 15) is 9.59 Å². The Balaban J connectivity index is 2.50. The molecule has 1 rings (SSSR count). The van der Waals surface area contributed by atoms with Crippen molar-refractivity contribution in [3.05, 3.63) is 24.0 Å². The minimum atomic E-state index is -0.449. The van der Waals surface area contributed by atoms with Crippen LogP contribution in [0.5, 0.6) is 5.75 Å². The van der Waals surface area contributed by atoms with E-state index in [0.717, 1.165) is 0 Å². The molecule has 3 N–H and O–H groups in total. The summed E-state index contributed by atoms with van der Waals surface area (Å²) >= 11 is 0. The van der Waals surface area contributed by atoms with E-state index in [0.29, 0.717) is 6.54 Å². The Kier molecular flexibility index (Phi) is 4.26. The Hall–Kier alpha value is -2.11. The highest BCUT2D eigenvalue weighted by molar-refractivity contribution is 5.96. The average molecular weight is 223 g/mol. The van der Waals surface area contributed by atoms with Crippen molar-refractivity contribution in [3.8, 4) is 5.75 Å². The molecule has 0 aliphatic carbocycles. The van der Waals surface area contributed by atoms with Gasteiger partial charge in [0.15, 0.2) is 0 Å². The fourth-order valence-electron chi connectivity index (χ4n) is 1.07. The predicted molar refractivity (Wildman–Crippen MR) is 56.9 cm³/mol. The van der Waals surface area contributed by atoms with Crippen molar-refractivity contribution in [1.29, 1.82) is 0 Å². The molecule has 0 aliphatic rings. The monoisotopic (exact) mass is 223 g/mol. The lowest BCUT2D eigenvalue weighted by Crippen LogP contribution is -2.36. The van der Waals surface area contributed by atoms with Gasteiger partial charge in [0.25, 0.3) is 5.91 Å². The second-order valence-corrected chi connectivity index (χ2v) is 3.07. The van der Waals surface area contributed by atoms with Gasteiger partial charge in [0, 0.05) is 12.7 Å². The van der Waals surface area contributed by atoms with Crippen molar-refractivity contribution in [2.45, 2.75) is 6.92 Å². The Morgan fingerprint density at radius 3 is 2.75 bits per heavy atom. The number of pyridine rings is 1. The molecule has 0 aliphatic heterocycles. The SMILES string of the molecule is CCNC(=O)CNC(=O)c1cncc(O)c1. The van der Waals surface area contributed by atoms with Crippen molar-refractivity contribution in [2.75, 3.05) is 13.1 Å². The summed E-state index contributed by atoms with van der Waals surface area (Å²) in [4.78, 5) is 26.2. The van der Waals surface area contributed by atoms with Crippen LogP contribution in [-0.2, 0) is 4.79 Å². The summed E-state index contributed by atoms with van der Waals surface area (Å²) in [6.07, 6.45) is 2.54. The van der Waals surface area contributed by atoms with Crippen molar-refractivity contribution >= 4 is 11.8 Å². The molecule has 6 nitrogen and oxygen atoms in total. The van der Waals surface area contributed by atoms with Crippen molar-refractivity contribution in [3.63, 3.8) is 0 Å². The van der Waals surface area contributed by atoms with Gasteiger partial charge < -0.3 is 15.7 Å². The number of hydrogen-bond acceptors (Lipinski definition) is 4. The third-order valence-electron chi connectivity index (χ3n) is 1.77. The van der Waals surface area contributed by atoms with Gasteiger partial charge in [-0.15, -0.1) is 0 Å². The van der Waals surface area contributed by atoms with Crippen molar-refractivity contribution in [1.82, 2.24) is 15.6 Å². The molecule has 6 heteroatoms. The number of aromatic nitrogens is 1. The van der Waals surface area contributed by atoms with Crippen LogP contribution in [0.15, 0.2) is 18.5 Å². The van der Waals surface area contributed by atoms with Crippen LogP contribution in [0.4, 0.5) is 0 Å². The normalized spacial score (nSPS) is 9.56. The summed E-state index contributed by atoms with van der Waals surface area (Å²) in [6.45, 7) is 2.21. The molecule has 1 aromatic heterocycles. The minimum Gasteiger partial charge on any atom is -0.506 e. The molecular formula is C10H13N3O3. The molecule has 86 valence electrons. The lowest BCUT2D eigenvalue weighted by atomic mass is 10.2. The second kappa shape index (κ2) is 5.69. The smallest absolute Gasteiger partial charge is 0.253 e. The molecule has 0 radical (unpaired) electrons. The van der Waals surface area contributed by atoms with Gasteiger partial charge in [0.05, 0.1) is 18.3 Å². The van der Waals surface area contributed by atoms with Gasteiger partial charge in [0.2, 0.25) is 5.91 Å². The molecule has 0 fully saturated rings. The summed E-state index contributed by atoms with van der Waals surface area (Å²) in [6, 6.07) is 1.28. The molecule has 1 aromatic rings. The lowest BCUT2D eigenvalue weighted by Gasteiger charge is -2.05. The second-order valence-electron chi connectivity index (χ2n) is 3.07. The Morgan fingerprint density at radius 2 is 2.12 bits per heavy atom. The Bertz CT molecular complexity index is 393. The highest BCUT2D eigenvalue weighted by Gasteiger charge is 2.08. The standard InChI is InChI=1S/C10H13N3O3/c1-2-12-9(15)6-13-10(16)7-3-8(14)5-11-4-7/h3-5,14H,2,6H2,1H3,(H,12,15)(H,13,16). The van der Waals surface area contributed by atoms with E-state index in [2.05, 4.69) is 15.6 Å². The number of nitrogens with one attached hydrogen (secondary N) is 2. The zero-order chi connectivity index (χ0) is 12.0. The van der Waals surface area contributed by atoms with Gasteiger partial charge in [-0.1, -0.05) is 0 Å². The van der Waals surface area contributed by atoms with E-state index in [4.69, 9.17) is 5.11 Å². The lowest BCUT2D eigenvalue weighted by molar-refractivity contribution is -0.120. The molecule has 16 heavy (non-hydrogen) atoms. The first-order valence-corrected chi connectivity index (χ1v) is 4.82. The first-order chi connectivity index (χ1) is 7.63. The van der Waals surface area contributed by atoms with Crippen LogP contribution in [0.1, 0.15) is 17.3 Å². The highest BCUT2D eigenvalue weighted by atomic mass is 16.3. The zero-order valence-electron chi connectivity index (χ0n) is 8.86. The van der Waals surface area contributed by atoms with Crippen LogP contribution in [0.3, 0.4) is 0 Å². The van der Waals surface area contributed by atoms with Crippen LogP contribution in [0, 0.1) is 0 Å². The fourth-order valence-corrected chi connectivity index (χ4v) is 1.07. The number of carbonyl (C=O) groups excluding carboxylic acids is 2. The van der Waals surface area contributed by atoms with E-state index < -0.39 is 5.91 Å². The number of hydrogen-bond donors (Lipinski definition) is 3. The summed E-state index contributed by atoms with van der Waals surface area (Å²) in [5.74, 6) is -0.802. The zero-order valence-corrected chi connectivity index (χ0v) is 8.86. The van der Waals surface area contributed by atoms with E-state index in [1.165, 1.54) is 18.5 Å². The van der Waals surface area contributed by atoms with Gasteiger partial charge in [-0.25, -0.2) is 0 Å². The first-order valence-electron chi connectivity index (χ1n) is 4.82. The number of likely N-dealkylation sites (N-methyl/N-ethyl adjacent to an activating group) is 1. The van der Waals surface area contributed by atoms with E-state index in [1.807, 2.05) is 0 Å². The molecule has 2 amide bonds. The van der Waals surface area contributed by atoms with Crippen molar-refractivity contribution in [2.24, 2.45) is 0 Å². The fraction of sp³-hybridized carbons (Fsp3) is 0.300. The molecule has 0 saturated heterocycles. The maximum Gasteiger partial charge on any atom is 0.253 e. The average Bonchev–Trinajstić information content (AvgIpc) is 2.26. The van der Waals surface area contributed by atoms with Gasteiger partial charge in [0.1, 0.15) is 5.75 Å². The molecule has 0 saturated carbocycles. The molecule has 0 unspecified atom stereocenters. The number of nitrogens with zero attached hydrogens (tertiary/aromatic N) is 1. The maximum absolute atomic E-state index is 11.5. The highest BCUT2D eigenvalue weighted by Crippen LogP contribution is 2.07. The van der Waals surface area contributed by atoms with Gasteiger partial charge >= 0.3 is 0 Å². The number of amides is 2. The van der Waals surface area contributed by atoms with Crippen molar-refractivity contribution < 1.29 is 14.7 Å². The summed E-state index contributed by atoms with van der Waals surface area (Å²) in [5, 5.41) is 14.1. The minimum absolute atomic E-state index is 0.0920. The van der Waals surface area contributed by atoms with Crippen LogP contribution in [-0.4, -0.2) is 35.0 Å². The predicted octanol–water partition coefficient (Wildman–Crippen LogP) is -0.347. The van der Waals surface area contributed by atoms with E-state index >= 15 is 0 Å². The topological polar surface area (TPSA) is 91.3 Å². The van der Waals surface area contributed by atoms with Gasteiger partial charge in [-0.05, 0) is 13.0 Å². The molecule has 0 aromatic carbocycles. The third-order valence-corrected chi connectivity index (χ3v) is 1.77. The number of rotatable bonds is 4. The maximum atomic E-state index is 11.5. The van der Waals surface area contributed by atoms with E-state index in [-0.39, 0.29) is 23.8 Å². The number of carbonyl (C=O) groups is 2. The Morgan fingerprint density at radius 1 is 1.38 bits per heavy atom. The quantitative estimate of drug-likeness (QED) is 0.650. The summed E-state index contributed by atoms with van der Waals surface area (Å²) in [5.41, 5.74) is 0.212. The van der Waals surface area contributed by atoms with Crippen LogP contribution < -0.4 is 10.6 Å². The molecule has 0 bridgehead atoms. The van der Waals surface area contributed by atoms with E-state index in [1.54, 1.807) is 6.92 Å². The van der Waals surface area contributed by atoms with Crippen LogP contribution in [0.2, 0.25) is 0 Å². The van der Waals surface area contributed by atoms with Gasteiger partial charge in [-0.3, -0.25) is 14.6 Å². The van der Waals surface area contributed by atoms with Crippen LogP contribution >= 0.6 is 0 Å². The Labute approximate surface area is 92.7 Å². The third kappa shape index (κ3) is 3.56. The molecule has 0 atom stereocenters. The van der Waals surface area contributed by atoms with Crippen LogP contribution in [0.25, 0.3) is 0 Å². The number of aromatic hydroxyl groups is 1.